The van der Waals surface area contributed by atoms with Gasteiger partial charge in [-0.25, -0.2) is 4.79 Å². The molecule has 1 aliphatic rings. The van der Waals surface area contributed by atoms with Gasteiger partial charge in [0.25, 0.3) is 5.91 Å². The van der Waals surface area contributed by atoms with E-state index in [1.807, 2.05) is 6.92 Å². The number of nitrogens with one attached hydrogen (secondary N) is 3. The fraction of sp³-hybridized carbons (Fsp3) is 0.438. The van der Waals surface area contributed by atoms with Crippen LogP contribution in [0.2, 0.25) is 5.02 Å². The van der Waals surface area contributed by atoms with Gasteiger partial charge < -0.3 is 20.9 Å². The minimum absolute atomic E-state index is 0.0348. The molecule has 1 aromatic carbocycles. The largest absolute Gasteiger partial charge is 0.356 e. The van der Waals surface area contributed by atoms with Crippen molar-refractivity contribution >= 4 is 35.1 Å². The van der Waals surface area contributed by atoms with Crippen molar-refractivity contribution in [2.45, 2.75) is 13.3 Å². The monoisotopic (exact) mass is 352 g/mol. The minimum Gasteiger partial charge on any atom is -0.356 e. The molecule has 0 spiro atoms. The lowest BCUT2D eigenvalue weighted by molar-refractivity contribution is -0.124. The molecule has 1 saturated heterocycles. The summed E-state index contributed by atoms with van der Waals surface area (Å²) in [6, 6.07) is 4.33. The Kier molecular flexibility index (Phi) is 6.03. The van der Waals surface area contributed by atoms with Gasteiger partial charge in [0.15, 0.2) is 0 Å². The zero-order chi connectivity index (χ0) is 17.7. The predicted octanol–water partition coefficient (Wildman–Crippen LogP) is 1.69. The number of rotatable bonds is 4. The Morgan fingerprint density at radius 2 is 2.08 bits per heavy atom. The molecule has 1 atom stereocenters. The second-order valence-electron chi connectivity index (χ2n) is 5.53. The average molecular weight is 353 g/mol. The second kappa shape index (κ2) is 8.01. The van der Waals surface area contributed by atoms with Crippen molar-refractivity contribution in [3.05, 3.63) is 28.8 Å². The van der Waals surface area contributed by atoms with Crippen LogP contribution in [-0.4, -0.2) is 49.4 Å². The van der Waals surface area contributed by atoms with E-state index >= 15 is 0 Å². The highest BCUT2D eigenvalue weighted by Gasteiger charge is 2.31. The van der Waals surface area contributed by atoms with Crippen LogP contribution in [-0.2, 0) is 4.79 Å². The molecule has 8 heteroatoms. The summed E-state index contributed by atoms with van der Waals surface area (Å²) in [7, 11) is 1.53. The van der Waals surface area contributed by atoms with Crippen molar-refractivity contribution < 1.29 is 14.4 Å². The maximum Gasteiger partial charge on any atom is 0.321 e. The average Bonchev–Trinajstić information content (AvgIpc) is 3.06. The number of amides is 4. The molecule has 3 N–H and O–H groups in total. The first-order valence-electron chi connectivity index (χ1n) is 7.81. The summed E-state index contributed by atoms with van der Waals surface area (Å²) < 4.78 is 0. The Morgan fingerprint density at radius 1 is 1.33 bits per heavy atom. The first kappa shape index (κ1) is 18.1. The number of hydrogen-bond acceptors (Lipinski definition) is 3. The quantitative estimate of drug-likeness (QED) is 0.770. The molecule has 0 aliphatic carbocycles. The molecular formula is C16H21ClN4O3. The summed E-state index contributed by atoms with van der Waals surface area (Å²) in [5, 5.41) is 8.34. The molecule has 4 amide bonds. The highest BCUT2D eigenvalue weighted by Crippen LogP contribution is 2.25. The number of benzene rings is 1. The Labute approximate surface area is 145 Å². The fourth-order valence-corrected chi connectivity index (χ4v) is 2.74. The van der Waals surface area contributed by atoms with E-state index in [1.54, 1.807) is 17.0 Å². The SMILES string of the molecule is CCNC(=O)[C@H]1CCN(C(=O)Nc2cc(C(=O)NC)ccc2Cl)C1. The van der Waals surface area contributed by atoms with Gasteiger partial charge in [0.2, 0.25) is 5.91 Å². The number of likely N-dealkylation sites (tertiary alicyclic amines) is 1. The molecular weight excluding hydrogens is 332 g/mol. The third-order valence-corrected chi connectivity index (χ3v) is 4.22. The van der Waals surface area contributed by atoms with E-state index < -0.39 is 0 Å². The zero-order valence-corrected chi connectivity index (χ0v) is 14.4. The third kappa shape index (κ3) is 4.17. The van der Waals surface area contributed by atoms with E-state index in [0.717, 1.165) is 0 Å². The molecule has 0 radical (unpaired) electrons. The molecule has 1 fully saturated rings. The molecule has 2 rings (SSSR count). The predicted molar refractivity (Wildman–Crippen MR) is 92.2 cm³/mol. The van der Waals surface area contributed by atoms with Crippen LogP contribution in [0.15, 0.2) is 18.2 Å². The maximum atomic E-state index is 12.4. The third-order valence-electron chi connectivity index (χ3n) is 3.89. The maximum absolute atomic E-state index is 12.4. The van der Waals surface area contributed by atoms with Gasteiger partial charge in [0, 0.05) is 32.2 Å². The van der Waals surface area contributed by atoms with E-state index in [4.69, 9.17) is 11.6 Å². The van der Waals surface area contributed by atoms with Crippen molar-refractivity contribution in [1.29, 1.82) is 0 Å². The number of nitrogens with zero attached hydrogens (tertiary/aromatic N) is 1. The van der Waals surface area contributed by atoms with E-state index in [0.29, 0.717) is 42.3 Å². The first-order chi connectivity index (χ1) is 11.5. The normalized spacial score (nSPS) is 16.6. The lowest BCUT2D eigenvalue weighted by atomic mass is 10.1. The van der Waals surface area contributed by atoms with E-state index in [9.17, 15) is 14.4 Å². The van der Waals surface area contributed by atoms with Gasteiger partial charge >= 0.3 is 6.03 Å². The van der Waals surface area contributed by atoms with E-state index in [2.05, 4.69) is 16.0 Å². The zero-order valence-electron chi connectivity index (χ0n) is 13.7. The number of urea groups is 1. The number of halogens is 1. The summed E-state index contributed by atoms with van der Waals surface area (Å²) in [6.45, 7) is 3.30. The molecule has 0 saturated carbocycles. The molecule has 1 heterocycles. The summed E-state index contributed by atoms with van der Waals surface area (Å²) >= 11 is 6.09. The second-order valence-corrected chi connectivity index (χ2v) is 5.94. The van der Waals surface area contributed by atoms with Gasteiger partial charge in [-0.15, -0.1) is 0 Å². The van der Waals surface area contributed by atoms with Crippen molar-refractivity contribution in [2.24, 2.45) is 5.92 Å². The first-order valence-corrected chi connectivity index (χ1v) is 8.19. The van der Waals surface area contributed by atoms with Crippen molar-refractivity contribution in [3.8, 4) is 0 Å². The van der Waals surface area contributed by atoms with Gasteiger partial charge in [-0.05, 0) is 31.5 Å². The summed E-state index contributed by atoms with van der Waals surface area (Å²) in [5.41, 5.74) is 0.767. The van der Waals surface area contributed by atoms with Crippen LogP contribution in [0.25, 0.3) is 0 Å². The fourth-order valence-electron chi connectivity index (χ4n) is 2.58. The number of hydrogen-bond donors (Lipinski definition) is 3. The highest BCUT2D eigenvalue weighted by atomic mass is 35.5. The van der Waals surface area contributed by atoms with Crippen LogP contribution in [0, 0.1) is 5.92 Å². The topological polar surface area (TPSA) is 90.5 Å². The van der Waals surface area contributed by atoms with Gasteiger partial charge in [-0.2, -0.15) is 0 Å². The van der Waals surface area contributed by atoms with Crippen molar-refractivity contribution in [1.82, 2.24) is 15.5 Å². The Bertz CT molecular complexity index is 650. The molecule has 1 aromatic rings. The standard InChI is InChI=1S/C16H21ClN4O3/c1-3-19-15(23)11-6-7-21(9-11)16(24)20-13-8-10(14(22)18-2)4-5-12(13)17/h4-5,8,11H,3,6-7,9H2,1-2H3,(H,18,22)(H,19,23)(H,20,24)/t11-/m0/s1. The van der Waals surface area contributed by atoms with E-state index in [-0.39, 0.29) is 23.8 Å². The van der Waals surface area contributed by atoms with Gasteiger partial charge in [-0.3, -0.25) is 9.59 Å². The van der Waals surface area contributed by atoms with Crippen LogP contribution >= 0.6 is 11.6 Å². The lowest BCUT2D eigenvalue weighted by Crippen LogP contribution is -2.36. The molecule has 24 heavy (non-hydrogen) atoms. The van der Waals surface area contributed by atoms with Gasteiger partial charge in [-0.1, -0.05) is 11.6 Å². The van der Waals surface area contributed by atoms with Crippen LogP contribution in [0.3, 0.4) is 0 Å². The highest BCUT2D eigenvalue weighted by molar-refractivity contribution is 6.33. The summed E-state index contributed by atoms with van der Waals surface area (Å²) in [6.07, 6.45) is 0.630. The van der Waals surface area contributed by atoms with Crippen molar-refractivity contribution in [3.63, 3.8) is 0 Å². The minimum atomic E-state index is -0.335. The van der Waals surface area contributed by atoms with Crippen LogP contribution in [0.4, 0.5) is 10.5 Å². The Balaban J connectivity index is 2.02. The van der Waals surface area contributed by atoms with Crippen LogP contribution in [0.1, 0.15) is 23.7 Å². The lowest BCUT2D eigenvalue weighted by Gasteiger charge is -2.18. The Hall–Kier alpha value is -2.28. The Morgan fingerprint density at radius 3 is 2.75 bits per heavy atom. The smallest absolute Gasteiger partial charge is 0.321 e. The molecule has 0 bridgehead atoms. The molecule has 0 aromatic heterocycles. The van der Waals surface area contributed by atoms with Gasteiger partial charge in [0.1, 0.15) is 0 Å². The molecule has 0 unspecified atom stereocenters. The summed E-state index contributed by atoms with van der Waals surface area (Å²) in [4.78, 5) is 37.5. The number of carbonyl (C=O) groups is 3. The number of carbonyl (C=O) groups excluding carboxylic acids is 3. The van der Waals surface area contributed by atoms with E-state index in [1.165, 1.54) is 13.1 Å². The van der Waals surface area contributed by atoms with Gasteiger partial charge in [0.05, 0.1) is 16.6 Å². The number of anilines is 1. The van der Waals surface area contributed by atoms with Crippen molar-refractivity contribution in [2.75, 3.05) is 32.0 Å². The molecule has 1 aliphatic heterocycles. The van der Waals surface area contributed by atoms with Crippen LogP contribution in [0.5, 0.6) is 0 Å². The summed E-state index contributed by atoms with van der Waals surface area (Å²) in [5.74, 6) is -0.490. The van der Waals surface area contributed by atoms with Crippen LogP contribution < -0.4 is 16.0 Å². The molecule has 7 nitrogen and oxygen atoms in total. The molecule has 130 valence electrons.